The van der Waals surface area contributed by atoms with Crippen molar-refractivity contribution >= 4 is 27.3 Å². The van der Waals surface area contributed by atoms with Gasteiger partial charge < -0.3 is 4.90 Å². The average Bonchev–Trinajstić information content (AvgIpc) is 2.78. The SMILES string of the molecule is CCc1ccc(NS(=O)(=O)c2ccc3c(c2)CCCN3C(=O)c2ccccc2)cc1. The van der Waals surface area contributed by atoms with Gasteiger partial charge in [-0.05, 0) is 72.9 Å². The van der Waals surface area contributed by atoms with E-state index in [0.29, 0.717) is 17.8 Å². The number of amides is 1. The zero-order valence-corrected chi connectivity index (χ0v) is 17.7. The molecule has 0 atom stereocenters. The van der Waals surface area contributed by atoms with Crippen LogP contribution >= 0.6 is 0 Å². The van der Waals surface area contributed by atoms with Crippen molar-refractivity contribution in [2.75, 3.05) is 16.2 Å². The molecular formula is C24H24N2O3S. The summed E-state index contributed by atoms with van der Waals surface area (Å²) < 4.78 is 28.4. The second kappa shape index (κ2) is 8.32. The number of nitrogens with zero attached hydrogens (tertiary/aromatic N) is 1. The lowest BCUT2D eigenvalue weighted by molar-refractivity contribution is 0.0985. The molecule has 1 aliphatic rings. The lowest BCUT2D eigenvalue weighted by Gasteiger charge is -2.30. The first-order chi connectivity index (χ1) is 14.5. The highest BCUT2D eigenvalue weighted by Gasteiger charge is 2.25. The van der Waals surface area contributed by atoms with Crippen LogP contribution < -0.4 is 9.62 Å². The summed E-state index contributed by atoms with van der Waals surface area (Å²) >= 11 is 0. The van der Waals surface area contributed by atoms with Crippen molar-refractivity contribution in [3.05, 3.63) is 89.5 Å². The number of hydrogen-bond acceptors (Lipinski definition) is 3. The van der Waals surface area contributed by atoms with Crippen molar-refractivity contribution < 1.29 is 13.2 Å². The summed E-state index contributed by atoms with van der Waals surface area (Å²) in [6.07, 6.45) is 2.43. The number of carbonyl (C=O) groups excluding carboxylic acids is 1. The highest BCUT2D eigenvalue weighted by molar-refractivity contribution is 7.92. The van der Waals surface area contributed by atoms with E-state index in [1.54, 1.807) is 47.4 Å². The number of aryl methyl sites for hydroxylation is 2. The Kier molecular flexibility index (Phi) is 5.59. The van der Waals surface area contributed by atoms with E-state index in [-0.39, 0.29) is 10.8 Å². The molecule has 1 aliphatic heterocycles. The van der Waals surface area contributed by atoms with Gasteiger partial charge >= 0.3 is 0 Å². The molecule has 3 aromatic rings. The summed E-state index contributed by atoms with van der Waals surface area (Å²) in [7, 11) is -3.71. The molecule has 0 saturated carbocycles. The number of rotatable bonds is 5. The molecule has 4 rings (SSSR count). The lowest BCUT2D eigenvalue weighted by Crippen LogP contribution is -2.35. The van der Waals surface area contributed by atoms with Gasteiger partial charge in [0, 0.05) is 23.5 Å². The molecule has 0 spiro atoms. The third-order valence-corrected chi connectivity index (χ3v) is 6.74. The summed E-state index contributed by atoms with van der Waals surface area (Å²) in [5, 5.41) is 0. The Hall–Kier alpha value is -3.12. The van der Waals surface area contributed by atoms with Crippen LogP contribution in [-0.2, 0) is 22.9 Å². The largest absolute Gasteiger partial charge is 0.308 e. The minimum Gasteiger partial charge on any atom is -0.308 e. The number of hydrogen-bond donors (Lipinski definition) is 1. The van der Waals surface area contributed by atoms with E-state index < -0.39 is 10.0 Å². The van der Waals surface area contributed by atoms with Crippen LogP contribution in [0.25, 0.3) is 0 Å². The molecule has 154 valence electrons. The fourth-order valence-corrected chi connectivity index (χ4v) is 4.82. The molecule has 0 aliphatic carbocycles. The highest BCUT2D eigenvalue weighted by Crippen LogP contribution is 2.31. The second-order valence-corrected chi connectivity index (χ2v) is 9.06. The first-order valence-electron chi connectivity index (χ1n) is 10.1. The number of fused-ring (bicyclic) bond motifs is 1. The number of carbonyl (C=O) groups is 1. The van der Waals surface area contributed by atoms with Gasteiger partial charge in [0.15, 0.2) is 0 Å². The predicted molar refractivity (Wildman–Crippen MR) is 120 cm³/mol. The minimum absolute atomic E-state index is 0.0682. The summed E-state index contributed by atoms with van der Waals surface area (Å²) in [5.41, 5.74) is 3.95. The summed E-state index contributed by atoms with van der Waals surface area (Å²) in [6.45, 7) is 2.67. The van der Waals surface area contributed by atoms with E-state index in [4.69, 9.17) is 0 Å². The van der Waals surface area contributed by atoms with Gasteiger partial charge in [-0.2, -0.15) is 0 Å². The van der Waals surface area contributed by atoms with Crippen molar-refractivity contribution in [2.24, 2.45) is 0 Å². The molecule has 3 aromatic carbocycles. The summed E-state index contributed by atoms with van der Waals surface area (Å²) in [5.74, 6) is -0.0682. The maximum Gasteiger partial charge on any atom is 0.261 e. The topological polar surface area (TPSA) is 66.5 Å². The first-order valence-corrected chi connectivity index (χ1v) is 11.6. The maximum absolute atomic E-state index is 12.9. The quantitative estimate of drug-likeness (QED) is 0.654. The molecule has 1 heterocycles. The van der Waals surface area contributed by atoms with Crippen LogP contribution in [0.2, 0.25) is 0 Å². The van der Waals surface area contributed by atoms with E-state index in [1.165, 1.54) is 0 Å². The number of sulfonamides is 1. The van der Waals surface area contributed by atoms with Crippen molar-refractivity contribution in [1.29, 1.82) is 0 Å². The van der Waals surface area contributed by atoms with Crippen LogP contribution in [0.15, 0.2) is 77.7 Å². The fourth-order valence-electron chi connectivity index (χ4n) is 3.71. The van der Waals surface area contributed by atoms with Crippen molar-refractivity contribution in [3.63, 3.8) is 0 Å². The minimum atomic E-state index is -3.71. The molecule has 6 heteroatoms. The number of benzene rings is 3. The van der Waals surface area contributed by atoms with Gasteiger partial charge in [-0.3, -0.25) is 9.52 Å². The van der Waals surface area contributed by atoms with E-state index >= 15 is 0 Å². The van der Waals surface area contributed by atoms with Gasteiger partial charge in [0.25, 0.3) is 15.9 Å². The van der Waals surface area contributed by atoms with Crippen LogP contribution in [0, 0.1) is 0 Å². The predicted octanol–water partition coefficient (Wildman–Crippen LogP) is 4.64. The van der Waals surface area contributed by atoms with Crippen LogP contribution in [-0.4, -0.2) is 20.9 Å². The third kappa shape index (κ3) is 4.09. The lowest BCUT2D eigenvalue weighted by atomic mass is 10.0. The molecule has 0 fully saturated rings. The molecule has 1 N–H and O–H groups in total. The normalized spacial score (nSPS) is 13.6. The van der Waals surface area contributed by atoms with Crippen LogP contribution in [0.3, 0.4) is 0 Å². The van der Waals surface area contributed by atoms with Gasteiger partial charge in [-0.15, -0.1) is 0 Å². The Labute approximate surface area is 177 Å². The summed E-state index contributed by atoms with van der Waals surface area (Å²) in [4.78, 5) is 14.9. The van der Waals surface area contributed by atoms with Crippen LogP contribution in [0.5, 0.6) is 0 Å². The average molecular weight is 421 g/mol. The Morgan fingerprint density at radius 1 is 1.00 bits per heavy atom. The standard InChI is InChI=1S/C24H24N2O3S/c1-2-18-10-12-21(13-11-18)25-30(28,29)22-14-15-23-20(17-22)9-6-16-26(23)24(27)19-7-4-3-5-8-19/h3-5,7-8,10-15,17,25H,2,6,9,16H2,1H3. The Bertz CT molecular complexity index is 1160. The molecular weight excluding hydrogens is 396 g/mol. The van der Waals surface area contributed by atoms with E-state index in [2.05, 4.69) is 11.6 Å². The van der Waals surface area contributed by atoms with Gasteiger partial charge in [-0.1, -0.05) is 37.3 Å². The molecule has 0 saturated heterocycles. The smallest absolute Gasteiger partial charge is 0.261 e. The first kappa shape index (κ1) is 20.2. The van der Waals surface area contributed by atoms with E-state index in [9.17, 15) is 13.2 Å². The van der Waals surface area contributed by atoms with Gasteiger partial charge in [-0.25, -0.2) is 8.42 Å². The molecule has 30 heavy (non-hydrogen) atoms. The summed E-state index contributed by atoms with van der Waals surface area (Å²) in [6, 6.07) is 21.5. The van der Waals surface area contributed by atoms with Gasteiger partial charge in [0.2, 0.25) is 0 Å². The molecule has 0 aromatic heterocycles. The monoisotopic (exact) mass is 420 g/mol. The third-order valence-electron chi connectivity index (χ3n) is 5.36. The van der Waals surface area contributed by atoms with E-state index in [0.717, 1.165) is 36.1 Å². The fraction of sp³-hybridized carbons (Fsp3) is 0.208. The zero-order chi connectivity index (χ0) is 21.1. The Balaban J connectivity index is 1.60. The number of anilines is 2. The van der Waals surface area contributed by atoms with Gasteiger partial charge in [0.05, 0.1) is 4.90 Å². The molecule has 1 amide bonds. The number of nitrogens with one attached hydrogen (secondary N) is 1. The van der Waals surface area contributed by atoms with Crippen molar-refractivity contribution in [3.8, 4) is 0 Å². The zero-order valence-electron chi connectivity index (χ0n) is 16.8. The van der Waals surface area contributed by atoms with Gasteiger partial charge in [0.1, 0.15) is 0 Å². The van der Waals surface area contributed by atoms with E-state index in [1.807, 2.05) is 30.3 Å². The molecule has 0 radical (unpaired) electrons. The second-order valence-electron chi connectivity index (χ2n) is 7.37. The molecule has 0 unspecified atom stereocenters. The highest BCUT2D eigenvalue weighted by atomic mass is 32.2. The van der Waals surface area contributed by atoms with Crippen molar-refractivity contribution in [2.45, 2.75) is 31.1 Å². The van der Waals surface area contributed by atoms with Crippen LogP contribution in [0.1, 0.15) is 34.8 Å². The molecule has 0 bridgehead atoms. The molecule has 5 nitrogen and oxygen atoms in total. The Morgan fingerprint density at radius 3 is 2.43 bits per heavy atom. The van der Waals surface area contributed by atoms with Crippen molar-refractivity contribution in [1.82, 2.24) is 0 Å². The van der Waals surface area contributed by atoms with Crippen LogP contribution in [0.4, 0.5) is 11.4 Å². The maximum atomic E-state index is 12.9. The Morgan fingerprint density at radius 2 is 1.73 bits per heavy atom.